The number of hydrogen-bond donors (Lipinski definition) is 2. The number of fused-ring (bicyclic) bond motifs is 1. The lowest BCUT2D eigenvalue weighted by molar-refractivity contribution is 0.0969. The molecule has 2 N–H and O–H groups in total. The molecule has 2 aliphatic rings. The van der Waals surface area contributed by atoms with E-state index in [1.807, 2.05) is 24.3 Å². The van der Waals surface area contributed by atoms with Crippen LogP contribution in [-0.2, 0) is 13.2 Å². The fraction of sp³-hybridized carbons (Fsp3) is 0.516. The number of Topliss-reactive ketones (excluding diaryl/α,β-unsaturated/α-hetero) is 1. The predicted molar refractivity (Wildman–Crippen MR) is 152 cm³/mol. The first-order valence-corrected chi connectivity index (χ1v) is 14.5. The molecule has 0 unspecified atom stereocenters. The minimum absolute atomic E-state index is 0.251. The van der Waals surface area contributed by atoms with Crippen LogP contribution in [0.25, 0.3) is 10.9 Å². The molecular formula is C31H40ClN3O2. The number of nitrogens with zero attached hydrogens (tertiary/aromatic N) is 1. The van der Waals surface area contributed by atoms with Crippen molar-refractivity contribution in [2.24, 2.45) is 11.8 Å². The monoisotopic (exact) mass is 521 g/mol. The number of ether oxygens (including phenoxy) is 1. The average Bonchev–Trinajstić information content (AvgIpc) is 3.26. The third-order valence-electron chi connectivity index (χ3n) is 8.24. The molecule has 198 valence electrons. The Hall–Kier alpha value is -2.34. The highest BCUT2D eigenvalue weighted by Gasteiger charge is 2.24. The SMILES string of the molecule is O=C(CCC1CCNCC1)c1c(COc2ccc(Cl)cc2)n(CCCC2CCNCC2)c2ccccc12. The van der Waals surface area contributed by atoms with E-state index in [0.717, 1.165) is 92.2 Å². The number of benzene rings is 2. The highest BCUT2D eigenvalue weighted by atomic mass is 35.5. The number of aromatic nitrogens is 1. The zero-order chi connectivity index (χ0) is 25.5. The zero-order valence-corrected chi connectivity index (χ0v) is 22.6. The van der Waals surface area contributed by atoms with Crippen molar-refractivity contribution in [1.29, 1.82) is 0 Å². The van der Waals surface area contributed by atoms with Gasteiger partial charge in [0.15, 0.2) is 5.78 Å². The van der Waals surface area contributed by atoms with Crippen molar-refractivity contribution in [3.63, 3.8) is 0 Å². The Morgan fingerprint density at radius 2 is 1.54 bits per heavy atom. The summed E-state index contributed by atoms with van der Waals surface area (Å²) in [5.74, 6) is 2.45. The second-order valence-electron chi connectivity index (χ2n) is 10.7. The van der Waals surface area contributed by atoms with E-state index in [4.69, 9.17) is 16.3 Å². The molecule has 5 nitrogen and oxygen atoms in total. The lowest BCUT2D eigenvalue weighted by Crippen LogP contribution is -2.28. The van der Waals surface area contributed by atoms with Crippen LogP contribution in [0.3, 0.4) is 0 Å². The summed E-state index contributed by atoms with van der Waals surface area (Å²) >= 11 is 6.08. The van der Waals surface area contributed by atoms with Gasteiger partial charge in [-0.2, -0.15) is 0 Å². The summed E-state index contributed by atoms with van der Waals surface area (Å²) in [4.78, 5) is 13.8. The molecule has 0 radical (unpaired) electrons. The number of ketones is 1. The Bertz CT molecular complexity index is 1160. The van der Waals surface area contributed by atoms with E-state index < -0.39 is 0 Å². The summed E-state index contributed by atoms with van der Waals surface area (Å²) in [5, 5.41) is 8.66. The van der Waals surface area contributed by atoms with Gasteiger partial charge in [0.2, 0.25) is 0 Å². The number of para-hydroxylation sites is 1. The van der Waals surface area contributed by atoms with Crippen LogP contribution in [0, 0.1) is 11.8 Å². The van der Waals surface area contributed by atoms with Gasteiger partial charge in [-0.05, 0) is 113 Å². The van der Waals surface area contributed by atoms with Gasteiger partial charge in [0, 0.05) is 34.5 Å². The van der Waals surface area contributed by atoms with E-state index in [9.17, 15) is 4.79 Å². The lowest BCUT2D eigenvalue weighted by Gasteiger charge is -2.23. The van der Waals surface area contributed by atoms with E-state index in [2.05, 4.69) is 39.5 Å². The number of rotatable bonds is 11. The molecule has 6 heteroatoms. The fourth-order valence-corrected chi connectivity index (χ4v) is 6.22. The summed E-state index contributed by atoms with van der Waals surface area (Å²) < 4.78 is 8.62. The lowest BCUT2D eigenvalue weighted by atomic mass is 9.90. The standard InChI is InChI=1S/C31H40ClN3O2/c32-25-8-10-26(11-9-25)37-22-29-31(30(36)12-7-24-15-19-34-20-16-24)27-5-1-2-6-28(27)35(29)21-3-4-23-13-17-33-18-14-23/h1-2,5-6,8-11,23-24,33-34H,3-4,7,12-22H2. The second kappa shape index (κ2) is 12.9. The smallest absolute Gasteiger partial charge is 0.165 e. The van der Waals surface area contributed by atoms with E-state index in [1.165, 1.54) is 19.3 Å². The second-order valence-corrected chi connectivity index (χ2v) is 11.2. The topological polar surface area (TPSA) is 55.3 Å². The Kier molecular flexibility index (Phi) is 9.19. The van der Waals surface area contributed by atoms with Crippen molar-refractivity contribution in [1.82, 2.24) is 15.2 Å². The summed E-state index contributed by atoms with van der Waals surface area (Å²) in [7, 11) is 0. The number of carbonyl (C=O) groups excluding carboxylic acids is 1. The maximum absolute atomic E-state index is 13.8. The molecule has 0 spiro atoms. The molecule has 3 heterocycles. The van der Waals surface area contributed by atoms with Crippen molar-refractivity contribution in [3.05, 3.63) is 64.8 Å². The molecule has 0 bridgehead atoms. The number of carbonyl (C=O) groups is 1. The molecule has 3 aromatic rings. The van der Waals surface area contributed by atoms with Gasteiger partial charge in [0.1, 0.15) is 12.4 Å². The quantitative estimate of drug-likeness (QED) is 0.278. The summed E-state index contributed by atoms with van der Waals surface area (Å²) in [5.41, 5.74) is 3.02. The number of nitrogens with one attached hydrogen (secondary N) is 2. The number of piperidine rings is 2. The van der Waals surface area contributed by atoms with E-state index >= 15 is 0 Å². The van der Waals surface area contributed by atoms with Gasteiger partial charge < -0.3 is 19.9 Å². The molecule has 0 saturated carbocycles. The van der Waals surface area contributed by atoms with Crippen LogP contribution in [0.2, 0.25) is 5.02 Å². The molecule has 2 aromatic carbocycles. The molecule has 2 saturated heterocycles. The molecule has 5 rings (SSSR count). The van der Waals surface area contributed by atoms with Gasteiger partial charge >= 0.3 is 0 Å². The Morgan fingerprint density at radius 1 is 0.892 bits per heavy atom. The highest BCUT2D eigenvalue weighted by Crippen LogP contribution is 2.31. The van der Waals surface area contributed by atoms with E-state index in [0.29, 0.717) is 24.0 Å². The van der Waals surface area contributed by atoms with Crippen LogP contribution >= 0.6 is 11.6 Å². The van der Waals surface area contributed by atoms with Crippen LogP contribution in [0.5, 0.6) is 5.75 Å². The van der Waals surface area contributed by atoms with Crippen molar-refractivity contribution in [2.75, 3.05) is 26.2 Å². The molecule has 2 aliphatic heterocycles. The molecule has 2 fully saturated rings. The largest absolute Gasteiger partial charge is 0.487 e. The maximum atomic E-state index is 13.8. The minimum Gasteiger partial charge on any atom is -0.487 e. The van der Waals surface area contributed by atoms with E-state index in [-0.39, 0.29) is 5.78 Å². The van der Waals surface area contributed by atoms with Gasteiger partial charge in [-0.25, -0.2) is 0 Å². The van der Waals surface area contributed by atoms with Crippen molar-refractivity contribution >= 4 is 28.3 Å². The van der Waals surface area contributed by atoms with Crippen LogP contribution in [0.4, 0.5) is 0 Å². The first-order chi connectivity index (χ1) is 18.2. The zero-order valence-electron chi connectivity index (χ0n) is 21.8. The van der Waals surface area contributed by atoms with Gasteiger partial charge in [0.05, 0.1) is 5.69 Å². The average molecular weight is 522 g/mol. The van der Waals surface area contributed by atoms with Gasteiger partial charge in [-0.3, -0.25) is 4.79 Å². The Morgan fingerprint density at radius 3 is 2.24 bits per heavy atom. The number of halogens is 1. The van der Waals surface area contributed by atoms with Crippen molar-refractivity contribution < 1.29 is 9.53 Å². The normalized spacial score (nSPS) is 17.3. The van der Waals surface area contributed by atoms with Crippen LogP contribution in [-0.4, -0.2) is 36.5 Å². The van der Waals surface area contributed by atoms with Crippen molar-refractivity contribution in [2.45, 2.75) is 64.5 Å². The first-order valence-electron chi connectivity index (χ1n) is 14.1. The van der Waals surface area contributed by atoms with Gasteiger partial charge in [0.25, 0.3) is 0 Å². The van der Waals surface area contributed by atoms with Crippen LogP contribution in [0.15, 0.2) is 48.5 Å². The van der Waals surface area contributed by atoms with Gasteiger partial charge in [-0.1, -0.05) is 29.8 Å². The molecule has 0 amide bonds. The molecule has 37 heavy (non-hydrogen) atoms. The molecule has 0 atom stereocenters. The third-order valence-corrected chi connectivity index (χ3v) is 8.49. The Labute approximate surface area is 225 Å². The number of aryl methyl sites for hydroxylation is 1. The van der Waals surface area contributed by atoms with Crippen LogP contribution in [0.1, 0.15) is 67.4 Å². The number of hydrogen-bond acceptors (Lipinski definition) is 4. The first kappa shape index (κ1) is 26.3. The summed E-state index contributed by atoms with van der Waals surface area (Å²) in [6.07, 6.45) is 8.76. The van der Waals surface area contributed by atoms with Crippen molar-refractivity contribution in [3.8, 4) is 5.75 Å². The molecular weight excluding hydrogens is 482 g/mol. The maximum Gasteiger partial charge on any atom is 0.165 e. The van der Waals surface area contributed by atoms with Gasteiger partial charge in [-0.15, -0.1) is 0 Å². The minimum atomic E-state index is 0.251. The van der Waals surface area contributed by atoms with Crippen LogP contribution < -0.4 is 15.4 Å². The van der Waals surface area contributed by atoms with E-state index in [1.54, 1.807) is 0 Å². The summed E-state index contributed by atoms with van der Waals surface area (Å²) in [6, 6.07) is 15.9. The highest BCUT2D eigenvalue weighted by molar-refractivity contribution is 6.30. The Balaban J connectivity index is 1.40. The summed E-state index contributed by atoms with van der Waals surface area (Å²) in [6.45, 7) is 5.67. The molecule has 0 aliphatic carbocycles. The molecule has 1 aromatic heterocycles. The third kappa shape index (κ3) is 6.76. The predicted octanol–water partition coefficient (Wildman–Crippen LogP) is 6.62. The fourth-order valence-electron chi connectivity index (χ4n) is 6.09.